The quantitative estimate of drug-likeness (QED) is 0.858. The molecule has 0 aliphatic carbocycles. The number of nitrogens with one attached hydrogen (secondary N) is 1. The van der Waals surface area contributed by atoms with E-state index in [1.807, 2.05) is 41.8 Å². The summed E-state index contributed by atoms with van der Waals surface area (Å²) in [6.45, 7) is 2.36. The molecule has 0 spiro atoms. The van der Waals surface area contributed by atoms with E-state index in [2.05, 4.69) is 12.2 Å². The summed E-state index contributed by atoms with van der Waals surface area (Å²) in [4.78, 5) is 12.8. The van der Waals surface area contributed by atoms with Crippen molar-refractivity contribution in [1.82, 2.24) is 5.32 Å². The number of carbonyl (C=O) groups excluding carboxylic acids is 1. The van der Waals surface area contributed by atoms with Crippen molar-refractivity contribution in [2.24, 2.45) is 0 Å². The fourth-order valence-corrected chi connectivity index (χ4v) is 2.70. The van der Waals surface area contributed by atoms with Gasteiger partial charge >= 0.3 is 0 Å². The number of thiophene rings is 1. The van der Waals surface area contributed by atoms with Gasteiger partial charge in [0.2, 0.25) is 0 Å². The SMILES string of the molecule is CCCc1ccc(C(=O)NCC(O)c2cccs2)cc1. The number of amides is 1. The minimum atomic E-state index is -0.640. The predicted octanol–water partition coefficient (Wildman–Crippen LogP) is 3.16. The van der Waals surface area contributed by atoms with Gasteiger partial charge < -0.3 is 10.4 Å². The van der Waals surface area contributed by atoms with Gasteiger partial charge in [0.05, 0.1) is 0 Å². The van der Waals surface area contributed by atoms with Crippen LogP contribution in [0.3, 0.4) is 0 Å². The maximum absolute atomic E-state index is 12.0. The van der Waals surface area contributed by atoms with Crippen LogP contribution >= 0.6 is 11.3 Å². The topological polar surface area (TPSA) is 49.3 Å². The zero-order valence-electron chi connectivity index (χ0n) is 11.5. The van der Waals surface area contributed by atoms with Crippen LogP contribution in [0.25, 0.3) is 0 Å². The molecule has 1 amide bonds. The molecule has 0 saturated carbocycles. The van der Waals surface area contributed by atoms with Crippen LogP contribution in [0, 0.1) is 0 Å². The number of rotatable bonds is 6. The molecule has 20 heavy (non-hydrogen) atoms. The van der Waals surface area contributed by atoms with Gasteiger partial charge in [-0.05, 0) is 35.6 Å². The van der Waals surface area contributed by atoms with Gasteiger partial charge in [0.25, 0.3) is 5.91 Å². The van der Waals surface area contributed by atoms with E-state index < -0.39 is 6.10 Å². The van der Waals surface area contributed by atoms with Crippen LogP contribution in [0.5, 0.6) is 0 Å². The first-order valence-electron chi connectivity index (χ1n) is 6.79. The summed E-state index contributed by atoms with van der Waals surface area (Å²) in [7, 11) is 0. The summed E-state index contributed by atoms with van der Waals surface area (Å²) in [5, 5.41) is 14.6. The molecule has 1 heterocycles. The minimum absolute atomic E-state index is 0.149. The lowest BCUT2D eigenvalue weighted by atomic mass is 10.1. The third-order valence-corrected chi connectivity index (χ3v) is 4.06. The first kappa shape index (κ1) is 14.8. The Hall–Kier alpha value is -1.65. The maximum atomic E-state index is 12.0. The second-order valence-electron chi connectivity index (χ2n) is 4.69. The van der Waals surface area contributed by atoms with Crippen molar-refractivity contribution < 1.29 is 9.90 Å². The van der Waals surface area contributed by atoms with Gasteiger partial charge in [-0.1, -0.05) is 31.5 Å². The molecular formula is C16H19NO2S. The van der Waals surface area contributed by atoms with Crippen molar-refractivity contribution >= 4 is 17.2 Å². The van der Waals surface area contributed by atoms with Crippen molar-refractivity contribution in [1.29, 1.82) is 0 Å². The van der Waals surface area contributed by atoms with E-state index in [0.717, 1.165) is 17.7 Å². The molecule has 0 aliphatic rings. The molecule has 0 bridgehead atoms. The van der Waals surface area contributed by atoms with E-state index in [-0.39, 0.29) is 12.5 Å². The van der Waals surface area contributed by atoms with E-state index in [0.29, 0.717) is 5.56 Å². The average Bonchev–Trinajstić information content (AvgIpc) is 3.00. The summed E-state index contributed by atoms with van der Waals surface area (Å²) in [5.41, 5.74) is 1.87. The highest BCUT2D eigenvalue weighted by Crippen LogP contribution is 2.17. The number of aliphatic hydroxyl groups is 1. The van der Waals surface area contributed by atoms with E-state index in [1.54, 1.807) is 0 Å². The largest absolute Gasteiger partial charge is 0.386 e. The molecule has 2 aromatic rings. The summed E-state index contributed by atoms with van der Waals surface area (Å²) in [5.74, 6) is -0.149. The summed E-state index contributed by atoms with van der Waals surface area (Å²) in [6.07, 6.45) is 1.48. The van der Waals surface area contributed by atoms with Gasteiger partial charge in [0, 0.05) is 17.0 Å². The summed E-state index contributed by atoms with van der Waals surface area (Å²) < 4.78 is 0. The van der Waals surface area contributed by atoms with Crippen molar-refractivity contribution in [3.05, 3.63) is 57.8 Å². The standard InChI is InChI=1S/C16H19NO2S/c1-2-4-12-6-8-13(9-7-12)16(19)17-11-14(18)15-5-3-10-20-15/h3,5-10,14,18H,2,4,11H2,1H3,(H,17,19). The molecule has 2 rings (SSSR count). The summed E-state index contributed by atoms with van der Waals surface area (Å²) in [6, 6.07) is 11.4. The monoisotopic (exact) mass is 289 g/mol. The molecule has 0 radical (unpaired) electrons. The fraction of sp³-hybridized carbons (Fsp3) is 0.312. The van der Waals surface area contributed by atoms with Gasteiger partial charge in [-0.25, -0.2) is 0 Å². The van der Waals surface area contributed by atoms with Crippen molar-refractivity contribution in [2.75, 3.05) is 6.54 Å². The van der Waals surface area contributed by atoms with Crippen LogP contribution in [-0.4, -0.2) is 17.6 Å². The van der Waals surface area contributed by atoms with Crippen molar-refractivity contribution in [3.8, 4) is 0 Å². The molecule has 1 unspecified atom stereocenters. The number of hydrogen-bond donors (Lipinski definition) is 2. The molecular weight excluding hydrogens is 270 g/mol. The summed E-state index contributed by atoms with van der Waals surface area (Å²) >= 11 is 1.48. The predicted molar refractivity (Wildman–Crippen MR) is 82.0 cm³/mol. The van der Waals surface area contributed by atoms with E-state index >= 15 is 0 Å². The third kappa shape index (κ3) is 3.92. The van der Waals surface area contributed by atoms with Crippen LogP contribution in [0.15, 0.2) is 41.8 Å². The number of aliphatic hydroxyl groups excluding tert-OH is 1. The Morgan fingerprint density at radius 3 is 2.65 bits per heavy atom. The van der Waals surface area contributed by atoms with Gasteiger partial charge in [-0.2, -0.15) is 0 Å². The molecule has 1 atom stereocenters. The van der Waals surface area contributed by atoms with Crippen LogP contribution in [0.4, 0.5) is 0 Å². The Morgan fingerprint density at radius 1 is 1.30 bits per heavy atom. The smallest absolute Gasteiger partial charge is 0.251 e. The van der Waals surface area contributed by atoms with Crippen LogP contribution in [0.2, 0.25) is 0 Å². The van der Waals surface area contributed by atoms with Gasteiger partial charge in [0.1, 0.15) is 6.10 Å². The van der Waals surface area contributed by atoms with Crippen LogP contribution in [0.1, 0.15) is 40.2 Å². The molecule has 0 aliphatic heterocycles. The number of aryl methyl sites for hydroxylation is 1. The zero-order valence-corrected chi connectivity index (χ0v) is 12.3. The molecule has 1 aromatic heterocycles. The van der Waals surface area contributed by atoms with E-state index in [9.17, 15) is 9.90 Å². The fourth-order valence-electron chi connectivity index (χ4n) is 1.98. The Morgan fingerprint density at radius 2 is 2.05 bits per heavy atom. The highest BCUT2D eigenvalue weighted by Gasteiger charge is 2.11. The van der Waals surface area contributed by atoms with Gasteiger partial charge in [-0.3, -0.25) is 4.79 Å². The Labute approximate surface area is 123 Å². The van der Waals surface area contributed by atoms with Gasteiger partial charge in [0.15, 0.2) is 0 Å². The first-order chi connectivity index (χ1) is 9.70. The lowest BCUT2D eigenvalue weighted by molar-refractivity contribution is 0.0918. The highest BCUT2D eigenvalue weighted by molar-refractivity contribution is 7.10. The molecule has 0 saturated heterocycles. The molecule has 2 N–H and O–H groups in total. The number of benzene rings is 1. The molecule has 106 valence electrons. The minimum Gasteiger partial charge on any atom is -0.386 e. The highest BCUT2D eigenvalue weighted by atomic mass is 32.1. The van der Waals surface area contributed by atoms with Gasteiger partial charge in [-0.15, -0.1) is 11.3 Å². The average molecular weight is 289 g/mol. The lowest BCUT2D eigenvalue weighted by Crippen LogP contribution is -2.28. The first-order valence-corrected chi connectivity index (χ1v) is 7.67. The molecule has 3 nitrogen and oxygen atoms in total. The molecule has 4 heteroatoms. The Bertz CT molecular complexity index is 534. The second-order valence-corrected chi connectivity index (χ2v) is 5.67. The second kappa shape index (κ2) is 7.22. The Balaban J connectivity index is 1.88. The number of hydrogen-bond acceptors (Lipinski definition) is 3. The molecule has 1 aromatic carbocycles. The van der Waals surface area contributed by atoms with E-state index in [4.69, 9.17) is 0 Å². The van der Waals surface area contributed by atoms with Crippen molar-refractivity contribution in [3.63, 3.8) is 0 Å². The zero-order chi connectivity index (χ0) is 14.4. The van der Waals surface area contributed by atoms with Crippen molar-refractivity contribution in [2.45, 2.75) is 25.9 Å². The molecule has 0 fully saturated rings. The third-order valence-electron chi connectivity index (χ3n) is 3.08. The lowest BCUT2D eigenvalue weighted by Gasteiger charge is -2.10. The van der Waals surface area contributed by atoms with E-state index in [1.165, 1.54) is 16.9 Å². The Kier molecular flexibility index (Phi) is 5.32. The van der Waals surface area contributed by atoms with Crippen LogP contribution < -0.4 is 5.32 Å². The normalized spacial score (nSPS) is 12.1. The number of carbonyl (C=O) groups is 1. The van der Waals surface area contributed by atoms with Crippen LogP contribution in [-0.2, 0) is 6.42 Å². The maximum Gasteiger partial charge on any atom is 0.251 e.